The SMILES string of the molecule is CC(C)c1c(-c2ccccc2)nn(C)c1C(=O)N1CCCCC1. The number of amides is 1. The predicted octanol–water partition coefficient (Wildman–Crippen LogP) is 3.84. The van der Waals surface area contributed by atoms with Crippen LogP contribution in [0.25, 0.3) is 11.3 Å². The summed E-state index contributed by atoms with van der Waals surface area (Å²) in [6, 6.07) is 10.1. The van der Waals surface area contributed by atoms with Crippen LogP contribution < -0.4 is 0 Å². The molecular formula is C19H25N3O. The zero-order valence-corrected chi connectivity index (χ0v) is 14.2. The van der Waals surface area contributed by atoms with Crippen LogP contribution in [0.4, 0.5) is 0 Å². The molecule has 0 radical (unpaired) electrons. The number of carbonyl (C=O) groups is 1. The summed E-state index contributed by atoms with van der Waals surface area (Å²) < 4.78 is 1.77. The molecule has 0 bridgehead atoms. The summed E-state index contributed by atoms with van der Waals surface area (Å²) in [5.41, 5.74) is 3.82. The molecule has 1 aliphatic heterocycles. The van der Waals surface area contributed by atoms with Crippen molar-refractivity contribution >= 4 is 5.91 Å². The van der Waals surface area contributed by atoms with Gasteiger partial charge in [-0.2, -0.15) is 5.10 Å². The summed E-state index contributed by atoms with van der Waals surface area (Å²) in [6.07, 6.45) is 3.43. The Balaban J connectivity index is 2.06. The van der Waals surface area contributed by atoms with Gasteiger partial charge in [-0.1, -0.05) is 44.2 Å². The maximum absolute atomic E-state index is 13.1. The molecule has 23 heavy (non-hydrogen) atoms. The minimum absolute atomic E-state index is 0.130. The van der Waals surface area contributed by atoms with Gasteiger partial charge in [-0.05, 0) is 25.2 Å². The number of piperidine rings is 1. The standard InChI is InChI=1S/C19H25N3O/c1-14(2)16-17(15-10-6-4-7-11-15)20-21(3)18(16)19(23)22-12-8-5-9-13-22/h4,6-7,10-11,14H,5,8-9,12-13H2,1-3H3. The van der Waals surface area contributed by atoms with E-state index in [0.29, 0.717) is 0 Å². The summed E-state index contributed by atoms with van der Waals surface area (Å²) >= 11 is 0. The van der Waals surface area contributed by atoms with E-state index in [9.17, 15) is 4.79 Å². The lowest BCUT2D eigenvalue weighted by atomic mass is 9.95. The molecule has 1 saturated heterocycles. The summed E-state index contributed by atoms with van der Waals surface area (Å²) in [4.78, 5) is 15.0. The molecule has 122 valence electrons. The van der Waals surface area contributed by atoms with E-state index in [2.05, 4.69) is 31.1 Å². The highest BCUT2D eigenvalue weighted by molar-refractivity contribution is 5.96. The van der Waals surface area contributed by atoms with Crippen LogP contribution >= 0.6 is 0 Å². The number of aryl methyl sites for hydroxylation is 1. The van der Waals surface area contributed by atoms with Gasteiger partial charge in [0, 0.05) is 31.3 Å². The van der Waals surface area contributed by atoms with E-state index >= 15 is 0 Å². The molecule has 1 aromatic carbocycles. The lowest BCUT2D eigenvalue weighted by molar-refractivity contribution is 0.0711. The van der Waals surface area contributed by atoms with Crippen molar-refractivity contribution in [2.24, 2.45) is 7.05 Å². The van der Waals surface area contributed by atoms with Gasteiger partial charge >= 0.3 is 0 Å². The monoisotopic (exact) mass is 311 g/mol. The first kappa shape index (κ1) is 15.8. The molecular weight excluding hydrogens is 286 g/mol. The third-order valence-corrected chi connectivity index (χ3v) is 4.55. The molecule has 0 aliphatic carbocycles. The maximum Gasteiger partial charge on any atom is 0.272 e. The van der Waals surface area contributed by atoms with E-state index in [0.717, 1.165) is 48.4 Å². The fraction of sp³-hybridized carbons (Fsp3) is 0.474. The molecule has 0 atom stereocenters. The molecule has 0 N–H and O–H groups in total. The van der Waals surface area contributed by atoms with Crippen LogP contribution in [0.1, 0.15) is 55.1 Å². The summed E-state index contributed by atoms with van der Waals surface area (Å²) in [6.45, 7) is 6.00. The largest absolute Gasteiger partial charge is 0.337 e. The van der Waals surface area contributed by atoms with E-state index < -0.39 is 0 Å². The van der Waals surface area contributed by atoms with Crippen molar-refractivity contribution in [1.29, 1.82) is 0 Å². The molecule has 1 amide bonds. The van der Waals surface area contributed by atoms with Gasteiger partial charge in [0.05, 0.1) is 5.69 Å². The summed E-state index contributed by atoms with van der Waals surface area (Å²) in [5, 5.41) is 4.69. The van der Waals surface area contributed by atoms with E-state index in [1.54, 1.807) is 4.68 Å². The quantitative estimate of drug-likeness (QED) is 0.864. The van der Waals surface area contributed by atoms with Gasteiger partial charge in [-0.25, -0.2) is 0 Å². The first-order valence-electron chi connectivity index (χ1n) is 8.51. The van der Waals surface area contributed by atoms with Crippen molar-refractivity contribution in [3.63, 3.8) is 0 Å². The van der Waals surface area contributed by atoms with Crippen LogP contribution in [-0.4, -0.2) is 33.7 Å². The summed E-state index contributed by atoms with van der Waals surface area (Å²) in [5.74, 6) is 0.383. The number of nitrogens with zero attached hydrogens (tertiary/aromatic N) is 3. The van der Waals surface area contributed by atoms with Gasteiger partial charge in [0.25, 0.3) is 5.91 Å². The highest BCUT2D eigenvalue weighted by Gasteiger charge is 2.28. The molecule has 0 saturated carbocycles. The van der Waals surface area contributed by atoms with Crippen LogP contribution in [0.3, 0.4) is 0 Å². The lowest BCUT2D eigenvalue weighted by Gasteiger charge is -2.27. The van der Waals surface area contributed by atoms with Gasteiger partial charge in [-0.3, -0.25) is 9.48 Å². The predicted molar refractivity (Wildman–Crippen MR) is 92.5 cm³/mol. The topological polar surface area (TPSA) is 38.1 Å². The first-order valence-corrected chi connectivity index (χ1v) is 8.51. The molecule has 3 rings (SSSR count). The van der Waals surface area contributed by atoms with E-state index in [1.165, 1.54) is 6.42 Å². The van der Waals surface area contributed by atoms with Crippen molar-refractivity contribution < 1.29 is 4.79 Å². The van der Waals surface area contributed by atoms with Crippen LogP contribution in [0.2, 0.25) is 0 Å². The van der Waals surface area contributed by atoms with Crippen molar-refractivity contribution in [2.75, 3.05) is 13.1 Å². The fourth-order valence-electron chi connectivity index (χ4n) is 3.40. The van der Waals surface area contributed by atoms with Crippen LogP contribution in [0.5, 0.6) is 0 Å². The van der Waals surface area contributed by atoms with Crippen LogP contribution in [0, 0.1) is 0 Å². The molecule has 2 aromatic rings. The second-order valence-corrected chi connectivity index (χ2v) is 6.61. The highest BCUT2D eigenvalue weighted by atomic mass is 16.2. The van der Waals surface area contributed by atoms with Crippen molar-refractivity contribution in [3.8, 4) is 11.3 Å². The molecule has 2 heterocycles. The minimum atomic E-state index is 0.130. The zero-order valence-electron chi connectivity index (χ0n) is 14.2. The number of aromatic nitrogens is 2. The third-order valence-electron chi connectivity index (χ3n) is 4.55. The Morgan fingerprint density at radius 3 is 2.35 bits per heavy atom. The molecule has 4 heteroatoms. The van der Waals surface area contributed by atoms with E-state index in [1.807, 2.05) is 30.1 Å². The maximum atomic E-state index is 13.1. The molecule has 0 spiro atoms. The van der Waals surface area contributed by atoms with Gasteiger partial charge in [-0.15, -0.1) is 0 Å². The molecule has 1 fully saturated rings. The molecule has 1 aromatic heterocycles. The van der Waals surface area contributed by atoms with Crippen LogP contribution in [-0.2, 0) is 7.05 Å². The fourth-order valence-corrected chi connectivity index (χ4v) is 3.40. The number of likely N-dealkylation sites (tertiary alicyclic amines) is 1. The second-order valence-electron chi connectivity index (χ2n) is 6.61. The minimum Gasteiger partial charge on any atom is -0.337 e. The number of carbonyl (C=O) groups excluding carboxylic acids is 1. The van der Waals surface area contributed by atoms with Gasteiger partial charge in [0.1, 0.15) is 5.69 Å². The Labute approximate surface area is 138 Å². The Bertz CT molecular complexity index is 682. The van der Waals surface area contributed by atoms with Crippen LogP contribution in [0.15, 0.2) is 30.3 Å². The Kier molecular flexibility index (Phi) is 4.51. The van der Waals surface area contributed by atoms with Crippen molar-refractivity contribution in [3.05, 3.63) is 41.6 Å². The average Bonchev–Trinajstić information content (AvgIpc) is 2.93. The highest BCUT2D eigenvalue weighted by Crippen LogP contribution is 2.32. The zero-order chi connectivity index (χ0) is 16.4. The number of hydrogen-bond donors (Lipinski definition) is 0. The lowest BCUT2D eigenvalue weighted by Crippen LogP contribution is -2.37. The first-order chi connectivity index (χ1) is 11.1. The molecule has 1 aliphatic rings. The van der Waals surface area contributed by atoms with Crippen molar-refractivity contribution in [1.82, 2.24) is 14.7 Å². The Morgan fingerprint density at radius 2 is 1.74 bits per heavy atom. The average molecular weight is 311 g/mol. The van der Waals surface area contributed by atoms with E-state index in [4.69, 9.17) is 0 Å². The molecule has 0 unspecified atom stereocenters. The van der Waals surface area contributed by atoms with Crippen molar-refractivity contribution in [2.45, 2.75) is 39.0 Å². The summed E-state index contributed by atoms with van der Waals surface area (Å²) in [7, 11) is 1.88. The Morgan fingerprint density at radius 1 is 1.09 bits per heavy atom. The van der Waals surface area contributed by atoms with Gasteiger partial charge in [0.2, 0.25) is 0 Å². The Hall–Kier alpha value is -2.10. The number of benzene rings is 1. The number of rotatable bonds is 3. The smallest absolute Gasteiger partial charge is 0.272 e. The normalized spacial score (nSPS) is 15.2. The second kappa shape index (κ2) is 6.57. The molecule has 4 nitrogen and oxygen atoms in total. The number of hydrogen-bond acceptors (Lipinski definition) is 2. The third kappa shape index (κ3) is 3.03. The van der Waals surface area contributed by atoms with Gasteiger partial charge < -0.3 is 4.90 Å². The van der Waals surface area contributed by atoms with Gasteiger partial charge in [0.15, 0.2) is 0 Å². The van der Waals surface area contributed by atoms with E-state index in [-0.39, 0.29) is 11.8 Å².